The van der Waals surface area contributed by atoms with Gasteiger partial charge in [-0.25, -0.2) is 0 Å². The summed E-state index contributed by atoms with van der Waals surface area (Å²) in [6, 6.07) is 17.7. The van der Waals surface area contributed by atoms with Crippen molar-refractivity contribution in [3.63, 3.8) is 0 Å². The van der Waals surface area contributed by atoms with Gasteiger partial charge in [0.1, 0.15) is 17.2 Å². The van der Waals surface area contributed by atoms with Crippen molar-refractivity contribution in [1.29, 1.82) is 0 Å². The predicted molar refractivity (Wildman–Crippen MR) is 139 cm³/mol. The van der Waals surface area contributed by atoms with Crippen LogP contribution in [0.15, 0.2) is 65.6 Å². The van der Waals surface area contributed by atoms with Crippen LogP contribution in [0.2, 0.25) is 0 Å². The summed E-state index contributed by atoms with van der Waals surface area (Å²) in [5.41, 5.74) is 3.09. The van der Waals surface area contributed by atoms with E-state index in [0.29, 0.717) is 5.75 Å². The number of benzene rings is 3. The molecule has 3 nitrogen and oxygen atoms in total. The van der Waals surface area contributed by atoms with Crippen molar-refractivity contribution in [2.24, 2.45) is 0 Å². The minimum atomic E-state index is -4.74. The minimum Gasteiger partial charge on any atom is -0.507 e. The highest BCUT2D eigenvalue weighted by atomic mass is 32.2. The fourth-order valence-corrected chi connectivity index (χ4v) is 5.05. The normalized spacial score (nSPS) is 13.4. The van der Waals surface area contributed by atoms with Gasteiger partial charge in [0.15, 0.2) is 0 Å². The molecular weight excluding hydrogens is 485 g/mol. The van der Waals surface area contributed by atoms with Gasteiger partial charge in [-0.05, 0) is 69.5 Å². The number of methoxy groups -OCH3 is 1. The number of aromatic hydroxyl groups is 1. The maximum Gasteiger partial charge on any atom is 0.573 e. The van der Waals surface area contributed by atoms with Gasteiger partial charge in [-0.2, -0.15) is 0 Å². The van der Waals surface area contributed by atoms with Crippen LogP contribution in [-0.2, 0) is 10.8 Å². The molecule has 0 aliphatic carbocycles. The number of phenols is 1. The first kappa shape index (κ1) is 27.8. The van der Waals surface area contributed by atoms with E-state index in [-0.39, 0.29) is 21.8 Å². The maximum absolute atomic E-state index is 12.6. The van der Waals surface area contributed by atoms with Crippen LogP contribution in [0, 0.1) is 0 Å². The average molecular weight is 519 g/mol. The molecule has 0 aromatic heterocycles. The van der Waals surface area contributed by atoms with E-state index in [2.05, 4.69) is 46.3 Å². The van der Waals surface area contributed by atoms with E-state index in [9.17, 15) is 18.3 Å². The second kappa shape index (κ2) is 10.3. The highest BCUT2D eigenvalue weighted by molar-refractivity contribution is 7.99. The molecule has 1 atom stereocenters. The SMILES string of the molecule is COc1ccc(C(Sc2ccc(OC(F)(F)F)cc2)c2cc(C(C)(C)C)c(O)c(C(C)(C)C)c2)cc1. The molecule has 1 N–H and O–H groups in total. The van der Waals surface area contributed by atoms with Gasteiger partial charge in [0, 0.05) is 4.90 Å². The first-order chi connectivity index (χ1) is 16.6. The molecule has 0 aliphatic heterocycles. The molecule has 7 heteroatoms. The van der Waals surface area contributed by atoms with E-state index in [0.717, 1.165) is 32.9 Å². The number of phenolic OH excluding ortho intramolecular Hbond substituents is 1. The molecule has 0 aliphatic rings. The molecule has 0 amide bonds. The van der Waals surface area contributed by atoms with Crippen molar-refractivity contribution in [2.45, 2.75) is 68.9 Å². The largest absolute Gasteiger partial charge is 0.573 e. The number of halogens is 3. The first-order valence-electron chi connectivity index (χ1n) is 11.6. The van der Waals surface area contributed by atoms with E-state index < -0.39 is 6.36 Å². The van der Waals surface area contributed by atoms with Crippen LogP contribution in [0.4, 0.5) is 13.2 Å². The number of alkyl halides is 3. The second-order valence-corrected chi connectivity index (χ2v) is 11.9. The highest BCUT2D eigenvalue weighted by Crippen LogP contribution is 2.47. The summed E-state index contributed by atoms with van der Waals surface area (Å²) in [6.07, 6.45) is -4.74. The summed E-state index contributed by atoms with van der Waals surface area (Å²) in [5, 5.41) is 11.0. The van der Waals surface area contributed by atoms with Crippen LogP contribution < -0.4 is 9.47 Å². The topological polar surface area (TPSA) is 38.7 Å². The molecule has 0 fully saturated rings. The van der Waals surface area contributed by atoms with Crippen LogP contribution in [0.5, 0.6) is 17.2 Å². The van der Waals surface area contributed by atoms with Gasteiger partial charge in [0.05, 0.1) is 12.4 Å². The van der Waals surface area contributed by atoms with E-state index in [4.69, 9.17) is 4.74 Å². The van der Waals surface area contributed by atoms with Gasteiger partial charge in [-0.15, -0.1) is 24.9 Å². The summed E-state index contributed by atoms with van der Waals surface area (Å²) < 4.78 is 47.1. The lowest BCUT2D eigenvalue weighted by Crippen LogP contribution is -2.18. The van der Waals surface area contributed by atoms with E-state index in [1.165, 1.54) is 23.9 Å². The Kier molecular flexibility index (Phi) is 7.94. The Morgan fingerprint density at radius 3 is 1.61 bits per heavy atom. The summed E-state index contributed by atoms with van der Waals surface area (Å²) in [5.74, 6) is 0.765. The molecule has 0 saturated carbocycles. The molecule has 0 heterocycles. The summed E-state index contributed by atoms with van der Waals surface area (Å²) >= 11 is 1.52. The molecule has 0 bridgehead atoms. The van der Waals surface area contributed by atoms with E-state index >= 15 is 0 Å². The van der Waals surface area contributed by atoms with Crippen molar-refractivity contribution in [3.05, 3.63) is 82.9 Å². The van der Waals surface area contributed by atoms with Crippen molar-refractivity contribution < 1.29 is 27.8 Å². The van der Waals surface area contributed by atoms with Crippen molar-refractivity contribution in [3.8, 4) is 17.2 Å². The summed E-state index contributed by atoms with van der Waals surface area (Å²) in [4.78, 5) is 0.785. The molecule has 0 spiro atoms. The number of hydrogen-bond donors (Lipinski definition) is 1. The van der Waals surface area contributed by atoms with E-state index in [1.807, 2.05) is 36.4 Å². The molecule has 3 rings (SSSR count). The predicted octanol–water partition coefficient (Wildman–Crippen LogP) is 8.78. The van der Waals surface area contributed by atoms with Gasteiger partial charge in [-0.1, -0.05) is 65.8 Å². The van der Waals surface area contributed by atoms with Crippen LogP contribution in [0.25, 0.3) is 0 Å². The summed E-state index contributed by atoms with van der Waals surface area (Å²) in [7, 11) is 1.61. The van der Waals surface area contributed by atoms with Gasteiger partial charge in [0.25, 0.3) is 0 Å². The molecule has 0 radical (unpaired) electrons. The maximum atomic E-state index is 12.6. The molecular formula is C29H33F3O3S. The quantitative estimate of drug-likeness (QED) is 0.331. The van der Waals surface area contributed by atoms with Crippen LogP contribution in [0.1, 0.15) is 69.0 Å². The fraction of sp³-hybridized carbons (Fsp3) is 0.379. The van der Waals surface area contributed by atoms with Gasteiger partial charge in [-0.3, -0.25) is 0 Å². The zero-order valence-corrected chi connectivity index (χ0v) is 22.5. The molecule has 36 heavy (non-hydrogen) atoms. The van der Waals surface area contributed by atoms with Crippen molar-refractivity contribution in [1.82, 2.24) is 0 Å². The number of hydrogen-bond acceptors (Lipinski definition) is 4. The lowest BCUT2D eigenvalue weighted by molar-refractivity contribution is -0.274. The number of rotatable bonds is 6. The molecule has 0 saturated heterocycles. The van der Waals surface area contributed by atoms with Crippen molar-refractivity contribution >= 4 is 11.8 Å². The van der Waals surface area contributed by atoms with Crippen molar-refractivity contribution in [2.75, 3.05) is 7.11 Å². The monoisotopic (exact) mass is 518 g/mol. The summed E-state index contributed by atoms with van der Waals surface area (Å²) in [6.45, 7) is 12.4. The molecule has 3 aromatic rings. The van der Waals surface area contributed by atoms with Gasteiger partial charge >= 0.3 is 6.36 Å². The first-order valence-corrected chi connectivity index (χ1v) is 12.5. The minimum absolute atomic E-state index is 0.187. The van der Waals surface area contributed by atoms with Crippen LogP contribution in [-0.4, -0.2) is 18.6 Å². The van der Waals surface area contributed by atoms with Crippen LogP contribution >= 0.6 is 11.8 Å². The van der Waals surface area contributed by atoms with Gasteiger partial charge in [0.2, 0.25) is 0 Å². The highest BCUT2D eigenvalue weighted by Gasteiger charge is 2.31. The average Bonchev–Trinajstić information content (AvgIpc) is 2.76. The molecule has 3 aromatic carbocycles. The Balaban J connectivity index is 2.13. The lowest BCUT2D eigenvalue weighted by Gasteiger charge is -2.30. The third-order valence-electron chi connectivity index (χ3n) is 5.78. The molecule has 194 valence electrons. The number of ether oxygens (including phenoxy) is 2. The third-order valence-corrected chi connectivity index (χ3v) is 7.11. The Bertz CT molecular complexity index is 1140. The third kappa shape index (κ3) is 6.90. The van der Waals surface area contributed by atoms with Gasteiger partial charge < -0.3 is 14.6 Å². The Labute approximate surface area is 215 Å². The zero-order valence-electron chi connectivity index (χ0n) is 21.7. The Hall–Kier alpha value is -2.80. The Morgan fingerprint density at radius 1 is 0.722 bits per heavy atom. The molecule has 1 unspecified atom stereocenters. The Morgan fingerprint density at radius 2 is 1.19 bits per heavy atom. The van der Waals surface area contributed by atoms with Crippen LogP contribution in [0.3, 0.4) is 0 Å². The van der Waals surface area contributed by atoms with E-state index in [1.54, 1.807) is 19.2 Å². The zero-order chi connectivity index (χ0) is 26.9. The fourth-order valence-electron chi connectivity index (χ4n) is 3.91. The number of thioether (sulfide) groups is 1. The lowest BCUT2D eigenvalue weighted by atomic mass is 9.78. The standard InChI is InChI=1S/C29H33F3O3S/c1-27(2,3)23-16-19(17-24(25(23)33)28(4,5)6)26(18-8-10-20(34-7)11-9-18)36-22-14-12-21(13-15-22)35-29(30,31)32/h8-17,26,33H,1-7H3. The second-order valence-electron chi connectivity index (χ2n) is 10.8. The smallest absolute Gasteiger partial charge is 0.507 e.